The first-order chi connectivity index (χ1) is 52.5. The Morgan fingerprint density at radius 2 is 0.529 bits per heavy atom. The van der Waals surface area contributed by atoms with E-state index in [9.17, 15) is 31.1 Å². The van der Waals surface area contributed by atoms with Gasteiger partial charge in [0.15, 0.2) is 0 Å². The average molecular weight is 1750 g/mol. The van der Waals surface area contributed by atoms with Gasteiger partial charge in [-0.1, -0.05) is 486 Å². The van der Waals surface area contributed by atoms with Crippen LogP contribution in [0.4, 0.5) is 26.3 Å². The summed E-state index contributed by atoms with van der Waals surface area (Å²) in [7, 11) is 3.59. The zero-order chi connectivity index (χ0) is 102. The summed E-state index contributed by atoms with van der Waals surface area (Å²) in [5, 5.41) is 8.89. The van der Waals surface area contributed by atoms with Gasteiger partial charge in [0.25, 0.3) is 0 Å². The summed E-state index contributed by atoms with van der Waals surface area (Å²) in [6, 6.07) is 0. The number of aliphatic hydroxyl groups is 1. The maximum atomic E-state index is 12.2. The van der Waals surface area contributed by atoms with Gasteiger partial charge in [-0.15, -0.1) is 0 Å². The number of amides is 1. The third-order valence-corrected chi connectivity index (χ3v) is 19.2. The summed E-state index contributed by atoms with van der Waals surface area (Å²) in [4.78, 5) is 12.8. The maximum Gasteiger partial charge on any atom is 0.389 e. The molecule has 6 unspecified atom stereocenters. The fourth-order valence-electron chi connectivity index (χ4n) is 11.2. The molecule has 0 aromatic carbocycles. The zero-order valence-electron chi connectivity index (χ0n) is 96.8. The number of hydrogen-bond acceptors (Lipinski definition) is 2. The van der Waals surface area contributed by atoms with Crippen molar-refractivity contribution in [3.05, 3.63) is 0 Å². The van der Waals surface area contributed by atoms with Gasteiger partial charge in [0, 0.05) is 33.4 Å². The number of hydrogen-bond donors (Lipinski definition) is 1. The Bertz CT molecular complexity index is 1910. The van der Waals surface area contributed by atoms with Gasteiger partial charge >= 0.3 is 6.18 Å². The highest BCUT2D eigenvalue weighted by molar-refractivity contribution is 5.75. The van der Waals surface area contributed by atoms with E-state index < -0.39 is 30.6 Å². The van der Waals surface area contributed by atoms with Crippen LogP contribution in [0.5, 0.6) is 0 Å². The van der Waals surface area contributed by atoms with Gasteiger partial charge in [-0.05, 0) is 183 Å². The lowest BCUT2D eigenvalue weighted by molar-refractivity contribution is -0.152. The molecule has 1 amide bonds. The van der Waals surface area contributed by atoms with Gasteiger partial charge in [-0.2, -0.15) is 13.2 Å². The molecule has 1 N–H and O–H groups in total. The van der Waals surface area contributed by atoms with Gasteiger partial charge < -0.3 is 10.0 Å². The Hall–Kier alpha value is -0.990. The molecule has 0 saturated heterocycles. The molecule has 0 aromatic rings. The van der Waals surface area contributed by atoms with Crippen LogP contribution in [0.15, 0.2) is 0 Å². The normalized spacial score (nSPS) is 13.8. The number of nitrogens with zero attached hydrogens (tertiary/aromatic N) is 1. The number of carbonyl (C=O) groups is 1. The first kappa shape index (κ1) is 154. The molecule has 0 spiro atoms. The smallest absolute Gasteiger partial charge is 0.389 e. The molecule has 0 aromatic heterocycles. The van der Waals surface area contributed by atoms with Crippen LogP contribution >= 0.6 is 0 Å². The molecule has 0 heterocycles. The topological polar surface area (TPSA) is 40.5 Å². The minimum atomic E-state index is -4.02. The van der Waals surface area contributed by atoms with Gasteiger partial charge in [0.1, 0.15) is 0 Å². The van der Waals surface area contributed by atoms with Crippen molar-refractivity contribution in [2.24, 2.45) is 105 Å². The van der Waals surface area contributed by atoms with E-state index >= 15 is 0 Å². The summed E-state index contributed by atoms with van der Waals surface area (Å²) in [5.74, 6) is 3.68. The maximum absolute atomic E-state index is 12.2. The van der Waals surface area contributed by atoms with Gasteiger partial charge in [0.05, 0.1) is 12.3 Å². The van der Waals surface area contributed by atoms with Crippen molar-refractivity contribution in [2.45, 2.75) is 608 Å². The molecule has 3 nitrogen and oxygen atoms in total. The number of alkyl halides is 6. The van der Waals surface area contributed by atoms with Crippen molar-refractivity contribution in [1.82, 2.24) is 4.90 Å². The standard InChI is InChI=1S/C9H19NO.2C9H20.3C8H18.C7H15F.C7H16O.5C7H16.C6H11F3.C6H12F2/c1-9(2,3)7-6-8(11)10(4)5;1-6-8(2)7-9(3,4)5;1-6-7-8(2)9(3,4)5;2*1-6-7(2)8(3,4)5;1-5-6-7-8(2,3)4;2*1-6(8)5-7(2,3)4;5*1-5-6-7(2,3)4;1-5(2,3)4-6(7,8)9;1-6(2,3)4-5(7)8/h6-7H2,1-5H3;2*8H,6-7H2,1-5H3;2*7H,6H2,1-5H3;5-7H2,1-4H3;6H,5H2,1-4H3;6,8H,5H2,1-4H3;5*5-6H2,1-4H3;4H2,1-3H3;5H,4H2,1-3H3. The molecule has 121 heavy (non-hydrogen) atoms. The molecule has 0 aliphatic carbocycles. The second-order valence-electron chi connectivity index (χ2n) is 53.9. The molecule has 0 bridgehead atoms. The Morgan fingerprint density at radius 1 is 0.289 bits per heavy atom. The second kappa shape index (κ2) is 76.7. The molecule has 0 saturated carbocycles. The fraction of sp³-hybridized carbons (Fsp3) is 0.991. The lowest BCUT2D eigenvalue weighted by Crippen LogP contribution is -2.22. The van der Waals surface area contributed by atoms with Crippen LogP contribution in [0.3, 0.4) is 0 Å². The molecule has 6 atom stereocenters. The molecule has 0 aliphatic rings. The lowest BCUT2D eigenvalue weighted by Gasteiger charge is -2.26. The molecule has 0 fully saturated rings. The van der Waals surface area contributed by atoms with Crippen LogP contribution < -0.4 is 0 Å². The SMILES string of the molecule is CC(C)(C)CC(F)(F)F.CC(C)(C)CC(F)F.CC(F)CC(C)(C)C.CC(O)CC(C)(C)C.CCC(C)C(C)(C)C.CCC(C)C(C)(C)C.CCC(C)CC(C)(C)C.CCCC(C)(C)C.CCCC(C)(C)C.CCCC(C)(C)C.CCCC(C)(C)C.CCCC(C)(C)C.CCCC(C)C(C)(C)C.CCCCC(C)(C)C.CN(C)C(=O)CCC(C)(C)C. The average Bonchev–Trinajstić information content (AvgIpc) is 0.914. The third-order valence-electron chi connectivity index (χ3n) is 19.2. The molecule has 9 heteroatoms. The monoisotopic (exact) mass is 1750 g/mol. The highest BCUT2D eigenvalue weighted by Gasteiger charge is 2.33. The number of unbranched alkanes of at least 4 members (excludes halogenated alkanes) is 1. The Labute approximate surface area is 769 Å². The number of rotatable bonds is 18. The molecule has 0 radical (unpaired) electrons. The van der Waals surface area contributed by atoms with Crippen molar-refractivity contribution in [3.8, 4) is 0 Å². The largest absolute Gasteiger partial charge is 0.393 e. The molecule has 0 aliphatic heterocycles. The van der Waals surface area contributed by atoms with Crippen LogP contribution in [0.25, 0.3) is 0 Å². The van der Waals surface area contributed by atoms with Crippen molar-refractivity contribution in [1.29, 1.82) is 0 Å². The predicted octanol–water partition coefficient (Wildman–Crippen LogP) is 42.6. The Balaban J connectivity index is -0.0000000766. The van der Waals surface area contributed by atoms with Crippen LogP contribution in [0, 0.1) is 105 Å². The van der Waals surface area contributed by atoms with Crippen molar-refractivity contribution < 1.29 is 36.2 Å². The molecular formula is C112H247F6NO2. The number of aliphatic hydroxyl groups excluding tert-OH is 1. The zero-order valence-corrected chi connectivity index (χ0v) is 96.8. The highest BCUT2D eigenvalue weighted by atomic mass is 19.4. The first-order valence-corrected chi connectivity index (χ1v) is 49.4. The summed E-state index contributed by atoms with van der Waals surface area (Å²) >= 11 is 0. The van der Waals surface area contributed by atoms with E-state index in [0.717, 1.165) is 36.5 Å². The van der Waals surface area contributed by atoms with Gasteiger partial charge in [-0.3, -0.25) is 4.79 Å². The van der Waals surface area contributed by atoms with E-state index in [4.69, 9.17) is 5.11 Å². The van der Waals surface area contributed by atoms with Crippen LogP contribution in [-0.2, 0) is 4.79 Å². The van der Waals surface area contributed by atoms with Crippen LogP contribution in [0.2, 0.25) is 0 Å². The summed E-state index contributed by atoms with van der Waals surface area (Å²) in [5.41, 5.74) is 5.17. The molecular weight excluding hydrogens is 1510 g/mol. The van der Waals surface area contributed by atoms with E-state index in [1.165, 1.54) is 122 Å². The van der Waals surface area contributed by atoms with E-state index in [2.05, 4.69) is 346 Å². The van der Waals surface area contributed by atoms with Gasteiger partial charge in [-0.25, -0.2) is 13.2 Å². The highest BCUT2D eigenvalue weighted by Crippen LogP contribution is 2.34. The molecule has 754 valence electrons. The van der Waals surface area contributed by atoms with Crippen molar-refractivity contribution >= 4 is 5.91 Å². The van der Waals surface area contributed by atoms with Gasteiger partial charge in [0.2, 0.25) is 12.3 Å². The predicted molar refractivity (Wildman–Crippen MR) is 554 cm³/mol. The van der Waals surface area contributed by atoms with Crippen LogP contribution in [-0.4, -0.2) is 54.9 Å². The molecule has 0 rings (SSSR count). The number of carbonyl (C=O) groups excluding carboxylic acids is 1. The number of halogens is 6. The van der Waals surface area contributed by atoms with Crippen LogP contribution in [0.1, 0.15) is 583 Å². The Kier molecular flexibility index (Phi) is 97.7. The van der Waals surface area contributed by atoms with Crippen molar-refractivity contribution in [3.63, 3.8) is 0 Å². The minimum absolute atomic E-state index is 0.00694. The third kappa shape index (κ3) is 215. The summed E-state index contributed by atoms with van der Waals surface area (Å²) < 4.78 is 69.9. The summed E-state index contributed by atoms with van der Waals surface area (Å²) in [6.07, 6.45) is 20.7. The second-order valence-corrected chi connectivity index (χ2v) is 53.9. The quantitative estimate of drug-likeness (QED) is 0.139. The van der Waals surface area contributed by atoms with E-state index in [0.29, 0.717) is 67.0 Å². The lowest BCUT2D eigenvalue weighted by atomic mass is 9.80. The van der Waals surface area contributed by atoms with E-state index in [-0.39, 0.29) is 40.1 Å². The van der Waals surface area contributed by atoms with E-state index in [1.54, 1.807) is 67.5 Å². The van der Waals surface area contributed by atoms with E-state index in [1.807, 2.05) is 27.7 Å². The summed E-state index contributed by atoms with van der Waals surface area (Å²) in [6.45, 7) is 133. The Morgan fingerprint density at radius 3 is 0.579 bits per heavy atom. The first-order valence-electron chi connectivity index (χ1n) is 49.4. The fourth-order valence-corrected chi connectivity index (χ4v) is 11.2. The minimum Gasteiger partial charge on any atom is -0.393 e. The van der Waals surface area contributed by atoms with Crippen molar-refractivity contribution in [2.75, 3.05) is 14.1 Å².